The molecule has 0 saturated carbocycles. The number of aliphatic hydroxyl groups excluding tert-OH is 1. The van der Waals surface area contributed by atoms with Gasteiger partial charge in [-0.3, -0.25) is 19.2 Å². The Morgan fingerprint density at radius 3 is 2.70 bits per heavy atom. The fraction of sp³-hybridized carbons (Fsp3) is 0.588. The molecule has 2 bridgehead atoms. The summed E-state index contributed by atoms with van der Waals surface area (Å²) >= 11 is 0. The number of carbonyl (C=O) groups is 4. The number of allylic oxidation sites excluding steroid dienone is 1. The minimum atomic E-state index is -1.28. The molecule has 3 aliphatic heterocycles. The zero-order valence-electron chi connectivity index (χ0n) is 27.4. The van der Waals surface area contributed by atoms with E-state index in [4.69, 9.17) is 9.47 Å². The maximum absolute atomic E-state index is 14.8. The van der Waals surface area contributed by atoms with Gasteiger partial charge in [-0.15, -0.1) is 18.3 Å². The normalized spacial score (nSPS) is 25.9. The predicted octanol–water partition coefficient (Wildman–Crippen LogP) is 2.20. The maximum atomic E-state index is 14.8. The van der Waals surface area contributed by atoms with Crippen molar-refractivity contribution in [1.29, 1.82) is 0 Å². The molecular weight excluding hydrogens is 604 g/mol. The summed E-state index contributed by atoms with van der Waals surface area (Å²) in [5.41, 5.74) is 0.139. The van der Waals surface area contributed by atoms with Crippen LogP contribution < -0.4 is 5.32 Å². The molecule has 5 rings (SSSR count). The minimum absolute atomic E-state index is 0.0452. The number of fused-ring (bicyclic) bond motifs is 2. The lowest BCUT2D eigenvalue weighted by Crippen LogP contribution is -2.59. The largest absolute Gasteiger partial charge is 0.460 e. The van der Waals surface area contributed by atoms with E-state index in [1.165, 1.54) is 4.90 Å². The Kier molecular flexibility index (Phi) is 10.5. The minimum Gasteiger partial charge on any atom is -0.460 e. The van der Waals surface area contributed by atoms with Gasteiger partial charge in [0.1, 0.15) is 29.9 Å². The first-order valence-electron chi connectivity index (χ1n) is 16.4. The number of ether oxygens (including phenoxy) is 2. The van der Waals surface area contributed by atoms with Crippen molar-refractivity contribution >= 4 is 34.7 Å². The molecule has 3 amide bonds. The summed E-state index contributed by atoms with van der Waals surface area (Å²) in [6.07, 6.45) is 4.14. The Balaban J connectivity index is 1.44. The molecule has 0 unspecified atom stereocenters. The summed E-state index contributed by atoms with van der Waals surface area (Å²) in [6.45, 7) is 13.1. The zero-order chi connectivity index (χ0) is 33.9. The smallest absolute Gasteiger partial charge is 0.312 e. The van der Waals surface area contributed by atoms with Crippen molar-refractivity contribution in [1.82, 2.24) is 30.1 Å². The highest BCUT2D eigenvalue weighted by Crippen LogP contribution is 2.59. The Morgan fingerprint density at radius 1 is 1.23 bits per heavy atom. The predicted molar refractivity (Wildman–Crippen MR) is 172 cm³/mol. The Labute approximate surface area is 274 Å². The fourth-order valence-electron chi connectivity index (χ4n) is 7.48. The second kappa shape index (κ2) is 14.3. The number of para-hydroxylation sites is 1. The number of rotatable bonds is 16. The van der Waals surface area contributed by atoms with E-state index in [0.29, 0.717) is 31.2 Å². The first-order valence-corrected chi connectivity index (χ1v) is 16.4. The van der Waals surface area contributed by atoms with Crippen LogP contribution in [0, 0.1) is 17.8 Å². The van der Waals surface area contributed by atoms with E-state index in [2.05, 4.69) is 28.8 Å². The number of aromatic nitrogens is 3. The number of hydrogen-bond donors (Lipinski definition) is 2. The monoisotopic (exact) mass is 650 g/mol. The van der Waals surface area contributed by atoms with Gasteiger partial charge in [-0.25, -0.2) is 4.68 Å². The molecular formula is C34H46N6O7. The van der Waals surface area contributed by atoms with Gasteiger partial charge in [-0.2, -0.15) is 0 Å². The molecule has 47 heavy (non-hydrogen) atoms. The third-order valence-corrected chi connectivity index (χ3v) is 9.46. The van der Waals surface area contributed by atoms with E-state index in [1.54, 1.807) is 28.7 Å². The van der Waals surface area contributed by atoms with Gasteiger partial charge >= 0.3 is 5.97 Å². The topological polar surface area (TPSA) is 156 Å². The highest BCUT2D eigenvalue weighted by Gasteiger charge is 2.75. The van der Waals surface area contributed by atoms with Crippen LogP contribution in [0.25, 0.3) is 11.0 Å². The van der Waals surface area contributed by atoms with Crippen molar-refractivity contribution in [3.05, 3.63) is 49.6 Å². The third-order valence-electron chi connectivity index (χ3n) is 9.46. The van der Waals surface area contributed by atoms with E-state index in [-0.39, 0.29) is 50.5 Å². The van der Waals surface area contributed by atoms with E-state index >= 15 is 0 Å². The van der Waals surface area contributed by atoms with Crippen molar-refractivity contribution in [3.8, 4) is 0 Å². The van der Waals surface area contributed by atoms with Crippen LogP contribution in [-0.2, 0) is 35.3 Å². The SMILES string of the molecule is C=CCCC(=O)NC[C@H](C)OC(=O)[C@@H]1[C@@H]2CC[C@]3(O2)[C@H](C(=O)N(CC=C)Cn2nnc4ccccc42)N([C@@H](CO)CC(C)C)C(=O)[C@@H]13. The average Bonchev–Trinajstić information content (AvgIpc) is 3.80. The summed E-state index contributed by atoms with van der Waals surface area (Å²) in [7, 11) is 0. The van der Waals surface area contributed by atoms with Crippen LogP contribution in [0.15, 0.2) is 49.6 Å². The zero-order valence-corrected chi connectivity index (χ0v) is 27.4. The van der Waals surface area contributed by atoms with Gasteiger partial charge in [-0.1, -0.05) is 43.3 Å². The molecule has 3 saturated heterocycles. The molecule has 3 aliphatic rings. The molecule has 4 heterocycles. The van der Waals surface area contributed by atoms with Crippen LogP contribution >= 0.6 is 0 Å². The second-order valence-electron chi connectivity index (χ2n) is 13.2. The number of carbonyl (C=O) groups excluding carboxylic acids is 4. The van der Waals surface area contributed by atoms with Crippen LogP contribution in [0.4, 0.5) is 0 Å². The van der Waals surface area contributed by atoms with Gasteiger partial charge < -0.3 is 29.7 Å². The van der Waals surface area contributed by atoms with Crippen LogP contribution in [-0.4, -0.2) is 103 Å². The molecule has 0 aliphatic carbocycles. The Bertz CT molecular complexity index is 1510. The molecule has 3 fully saturated rings. The first-order chi connectivity index (χ1) is 22.6. The van der Waals surface area contributed by atoms with Crippen LogP contribution in [0.5, 0.6) is 0 Å². The number of nitrogens with one attached hydrogen (secondary N) is 1. The van der Waals surface area contributed by atoms with Gasteiger partial charge in [-0.05, 0) is 50.7 Å². The van der Waals surface area contributed by atoms with Crippen LogP contribution in [0.2, 0.25) is 0 Å². The summed E-state index contributed by atoms with van der Waals surface area (Å²) < 4.78 is 14.0. The molecule has 7 atom stereocenters. The number of esters is 1. The molecule has 13 nitrogen and oxygen atoms in total. The Hall–Kier alpha value is -4.10. The molecule has 2 N–H and O–H groups in total. The van der Waals surface area contributed by atoms with E-state index in [0.717, 1.165) is 5.52 Å². The summed E-state index contributed by atoms with van der Waals surface area (Å²) in [4.78, 5) is 58.1. The number of likely N-dealkylation sites (tertiary alicyclic amines) is 1. The lowest BCUT2D eigenvalue weighted by atomic mass is 9.70. The third kappa shape index (κ3) is 6.55. The van der Waals surface area contributed by atoms with Gasteiger partial charge in [0.15, 0.2) is 0 Å². The van der Waals surface area contributed by atoms with E-state index in [1.807, 2.05) is 38.1 Å². The number of nitrogens with zero attached hydrogens (tertiary/aromatic N) is 5. The highest BCUT2D eigenvalue weighted by atomic mass is 16.6. The summed E-state index contributed by atoms with van der Waals surface area (Å²) in [6, 6.07) is 5.66. The molecule has 1 spiro atoms. The van der Waals surface area contributed by atoms with Crippen molar-refractivity contribution in [3.63, 3.8) is 0 Å². The lowest BCUT2D eigenvalue weighted by molar-refractivity contribution is -0.160. The Morgan fingerprint density at radius 2 is 2.00 bits per heavy atom. The lowest BCUT2D eigenvalue weighted by Gasteiger charge is -2.39. The molecule has 1 aromatic carbocycles. The van der Waals surface area contributed by atoms with Gasteiger partial charge in [0.25, 0.3) is 0 Å². The van der Waals surface area contributed by atoms with E-state index in [9.17, 15) is 24.3 Å². The number of aliphatic hydroxyl groups is 1. The highest BCUT2D eigenvalue weighted by molar-refractivity contribution is 5.98. The number of benzene rings is 1. The maximum Gasteiger partial charge on any atom is 0.312 e. The first kappa shape index (κ1) is 34.2. The quantitative estimate of drug-likeness (QED) is 0.205. The van der Waals surface area contributed by atoms with Crippen LogP contribution in [0.3, 0.4) is 0 Å². The average molecular weight is 651 g/mol. The molecule has 0 radical (unpaired) electrons. The number of amides is 3. The molecule has 2 aromatic rings. The fourth-order valence-corrected chi connectivity index (χ4v) is 7.48. The van der Waals surface area contributed by atoms with Gasteiger partial charge in [0.2, 0.25) is 17.7 Å². The van der Waals surface area contributed by atoms with Gasteiger partial charge in [0.05, 0.1) is 42.6 Å². The summed E-state index contributed by atoms with van der Waals surface area (Å²) in [5.74, 6) is -3.34. The summed E-state index contributed by atoms with van der Waals surface area (Å²) in [5, 5.41) is 21.8. The molecule has 13 heteroatoms. The van der Waals surface area contributed by atoms with Crippen molar-refractivity contribution in [2.24, 2.45) is 17.8 Å². The number of hydrogen-bond acceptors (Lipinski definition) is 9. The second-order valence-corrected chi connectivity index (χ2v) is 13.2. The van der Waals surface area contributed by atoms with E-state index < -0.39 is 53.6 Å². The standard InChI is InChI=1S/C34H46N6O7/c1-6-8-13-27(42)35-18-22(5)46-33(45)28-26-14-15-34(47-26)29(28)31(43)40(23(19-41)17-21(3)4)30(34)32(44)38(16-7-2)20-39-25-12-10-9-11-24(25)36-37-39/h6-7,9-12,21-23,26,28-30,41H,1-2,8,13-20H2,3-5H3,(H,35,42)/t22-,23+,26-,28+,29+,30-,34+/m0/s1. The molecule has 1 aromatic heterocycles. The van der Waals surface area contributed by atoms with Crippen LogP contribution in [0.1, 0.15) is 52.9 Å². The molecule has 254 valence electrons. The van der Waals surface area contributed by atoms with Crippen molar-refractivity contribution in [2.75, 3.05) is 19.7 Å². The van der Waals surface area contributed by atoms with Crippen molar-refractivity contribution < 1.29 is 33.8 Å². The van der Waals surface area contributed by atoms with Crippen molar-refractivity contribution in [2.45, 2.75) is 89.4 Å². The van der Waals surface area contributed by atoms with Gasteiger partial charge in [0, 0.05) is 13.0 Å².